The Balaban J connectivity index is 1.88. The van der Waals surface area contributed by atoms with E-state index in [2.05, 4.69) is 11.1 Å². The van der Waals surface area contributed by atoms with Crippen molar-refractivity contribution in [1.82, 2.24) is 4.98 Å². The summed E-state index contributed by atoms with van der Waals surface area (Å²) in [5, 5.41) is 12.2. The van der Waals surface area contributed by atoms with Crippen LogP contribution in [-0.4, -0.2) is 26.2 Å². The largest absolute Gasteiger partial charge is 0.271 e. The van der Waals surface area contributed by atoms with Crippen molar-refractivity contribution in [3.05, 3.63) is 40.2 Å². The molecule has 26 heavy (non-hydrogen) atoms. The number of benzene rings is 1. The average Bonchev–Trinajstić information content (AvgIpc) is 3.28. The van der Waals surface area contributed by atoms with E-state index in [9.17, 15) is 13.7 Å². The van der Waals surface area contributed by atoms with Crippen LogP contribution in [0, 0.1) is 11.3 Å². The third kappa shape index (κ3) is 3.81. The number of rotatable bonds is 5. The lowest BCUT2D eigenvalue weighted by atomic mass is 10.1. The summed E-state index contributed by atoms with van der Waals surface area (Å²) in [5.41, 5.74) is 4.31. The number of nitriles is 1. The van der Waals surface area contributed by atoms with Gasteiger partial charge in [0.2, 0.25) is 10.0 Å². The number of anilines is 1. The Morgan fingerprint density at radius 1 is 1.27 bits per heavy atom. The van der Waals surface area contributed by atoms with Crippen LogP contribution in [0.1, 0.15) is 37.6 Å². The Morgan fingerprint density at radius 2 is 1.92 bits per heavy atom. The van der Waals surface area contributed by atoms with Crippen molar-refractivity contribution in [1.29, 1.82) is 5.26 Å². The summed E-state index contributed by atoms with van der Waals surface area (Å²) in [4.78, 5) is 4.65. The van der Waals surface area contributed by atoms with Crippen LogP contribution in [-0.2, 0) is 10.0 Å². The number of nitrogens with zero attached hydrogens (tertiary/aromatic N) is 3. The summed E-state index contributed by atoms with van der Waals surface area (Å²) in [6.07, 6.45) is 5.48. The average molecular weight is 388 g/mol. The molecular weight excluding hydrogens is 366 g/mol. The molecule has 3 rings (SSSR count). The van der Waals surface area contributed by atoms with Crippen molar-refractivity contribution in [2.45, 2.75) is 32.6 Å². The maximum Gasteiger partial charge on any atom is 0.232 e. The van der Waals surface area contributed by atoms with E-state index in [0.29, 0.717) is 12.2 Å². The van der Waals surface area contributed by atoms with Gasteiger partial charge in [0.1, 0.15) is 11.1 Å². The molecule has 1 aliphatic carbocycles. The Kier molecular flexibility index (Phi) is 5.44. The lowest BCUT2D eigenvalue weighted by molar-refractivity contribution is 0.598. The molecule has 0 saturated heterocycles. The topological polar surface area (TPSA) is 74.1 Å². The van der Waals surface area contributed by atoms with Crippen molar-refractivity contribution in [2.24, 2.45) is 0 Å². The van der Waals surface area contributed by atoms with Crippen LogP contribution in [0.25, 0.3) is 16.8 Å². The Bertz CT molecular complexity index is 959. The molecule has 0 spiro atoms. The van der Waals surface area contributed by atoms with Gasteiger partial charge < -0.3 is 0 Å². The standard InChI is InChI=1S/C19H21N3O2S2/c1-3-22(26(2,23)24)16-10-8-15(9-11-16)18-13-25-19(21-18)17(12-20)14-6-4-5-7-14/h8-11,13H,3-7H2,1-2H3. The summed E-state index contributed by atoms with van der Waals surface area (Å²) in [7, 11) is -3.29. The smallest absolute Gasteiger partial charge is 0.232 e. The number of hydrogen-bond donors (Lipinski definition) is 0. The summed E-state index contributed by atoms with van der Waals surface area (Å²) < 4.78 is 25.0. The van der Waals surface area contributed by atoms with Gasteiger partial charge in [-0.05, 0) is 50.3 Å². The quantitative estimate of drug-likeness (QED) is 0.711. The van der Waals surface area contributed by atoms with Crippen molar-refractivity contribution >= 4 is 32.6 Å². The third-order valence-corrected chi connectivity index (χ3v) is 6.66. The molecule has 0 bridgehead atoms. The van der Waals surface area contributed by atoms with Crippen LogP contribution in [0.2, 0.25) is 0 Å². The molecule has 1 aromatic heterocycles. The zero-order chi connectivity index (χ0) is 18.7. The highest BCUT2D eigenvalue weighted by Crippen LogP contribution is 2.34. The first-order valence-corrected chi connectivity index (χ1v) is 11.3. The lowest BCUT2D eigenvalue weighted by Crippen LogP contribution is -2.29. The molecule has 0 atom stereocenters. The van der Waals surface area contributed by atoms with Crippen LogP contribution in [0.3, 0.4) is 0 Å². The molecule has 1 aromatic carbocycles. The van der Waals surface area contributed by atoms with E-state index in [1.807, 2.05) is 24.4 Å². The molecule has 0 unspecified atom stereocenters. The molecule has 0 amide bonds. The number of allylic oxidation sites excluding steroid dienone is 2. The molecule has 0 aliphatic heterocycles. The van der Waals surface area contributed by atoms with Crippen LogP contribution < -0.4 is 4.31 Å². The van der Waals surface area contributed by atoms with Crippen molar-refractivity contribution in [3.63, 3.8) is 0 Å². The van der Waals surface area contributed by atoms with E-state index in [0.717, 1.165) is 47.5 Å². The van der Waals surface area contributed by atoms with Crippen LogP contribution >= 0.6 is 11.3 Å². The number of hydrogen-bond acceptors (Lipinski definition) is 5. The first-order chi connectivity index (χ1) is 12.4. The van der Waals surface area contributed by atoms with Crippen molar-refractivity contribution in [2.75, 3.05) is 17.1 Å². The Hall–Kier alpha value is -2.17. The van der Waals surface area contributed by atoms with Crippen LogP contribution in [0.5, 0.6) is 0 Å². The van der Waals surface area contributed by atoms with E-state index < -0.39 is 10.0 Å². The second kappa shape index (κ2) is 7.60. The van der Waals surface area contributed by atoms with Gasteiger partial charge in [0.25, 0.3) is 0 Å². The second-order valence-electron chi connectivity index (χ2n) is 6.31. The molecule has 1 fully saturated rings. The van der Waals surface area contributed by atoms with E-state index in [4.69, 9.17) is 0 Å². The fraction of sp³-hybridized carbons (Fsp3) is 0.368. The van der Waals surface area contributed by atoms with Gasteiger partial charge >= 0.3 is 0 Å². The molecular formula is C19H21N3O2S2. The highest BCUT2D eigenvalue weighted by atomic mass is 32.2. The van der Waals surface area contributed by atoms with Crippen LogP contribution in [0.4, 0.5) is 5.69 Å². The maximum atomic E-state index is 11.8. The monoisotopic (exact) mass is 387 g/mol. The summed E-state index contributed by atoms with van der Waals surface area (Å²) in [6.45, 7) is 2.19. The van der Waals surface area contributed by atoms with Gasteiger partial charge in [0.15, 0.2) is 0 Å². The van der Waals surface area contributed by atoms with Gasteiger partial charge in [-0.15, -0.1) is 11.3 Å². The summed E-state index contributed by atoms with van der Waals surface area (Å²) in [6, 6.07) is 9.65. The third-order valence-electron chi connectivity index (χ3n) is 4.53. The second-order valence-corrected chi connectivity index (χ2v) is 9.07. The number of sulfonamides is 1. The fourth-order valence-corrected chi connectivity index (χ4v) is 5.10. The first kappa shape index (κ1) is 18.6. The zero-order valence-corrected chi connectivity index (χ0v) is 16.5. The number of thiazole rings is 1. The van der Waals surface area contributed by atoms with Gasteiger partial charge in [-0.3, -0.25) is 4.31 Å². The zero-order valence-electron chi connectivity index (χ0n) is 14.9. The summed E-state index contributed by atoms with van der Waals surface area (Å²) in [5.74, 6) is 0. The van der Waals surface area contributed by atoms with E-state index in [1.165, 1.54) is 27.5 Å². The predicted molar refractivity (Wildman–Crippen MR) is 106 cm³/mol. The molecule has 136 valence electrons. The van der Waals surface area contributed by atoms with Crippen molar-refractivity contribution in [3.8, 4) is 17.3 Å². The van der Waals surface area contributed by atoms with Crippen LogP contribution in [0.15, 0.2) is 35.2 Å². The lowest BCUT2D eigenvalue weighted by Gasteiger charge is -2.20. The molecule has 2 aromatic rings. The van der Waals surface area contributed by atoms with Gasteiger partial charge in [-0.2, -0.15) is 5.26 Å². The highest BCUT2D eigenvalue weighted by Gasteiger charge is 2.18. The van der Waals surface area contributed by atoms with Gasteiger partial charge in [0.05, 0.1) is 23.2 Å². The SMILES string of the molecule is CCN(c1ccc(-c2csc(C(C#N)=C3CCCC3)n2)cc1)S(C)(=O)=O. The maximum absolute atomic E-state index is 11.8. The molecule has 0 radical (unpaired) electrons. The minimum absolute atomic E-state index is 0.387. The Labute approximate surface area is 158 Å². The molecule has 1 heterocycles. The van der Waals surface area contributed by atoms with E-state index in [-0.39, 0.29) is 0 Å². The molecule has 7 heteroatoms. The molecule has 5 nitrogen and oxygen atoms in total. The fourth-order valence-electron chi connectivity index (χ4n) is 3.26. The highest BCUT2D eigenvalue weighted by molar-refractivity contribution is 7.92. The van der Waals surface area contributed by atoms with Gasteiger partial charge in [-0.25, -0.2) is 13.4 Å². The van der Waals surface area contributed by atoms with E-state index in [1.54, 1.807) is 12.1 Å². The molecule has 1 aliphatic rings. The number of aromatic nitrogens is 1. The minimum atomic E-state index is -3.29. The normalized spacial score (nSPS) is 14.3. The summed E-state index contributed by atoms with van der Waals surface area (Å²) >= 11 is 1.49. The van der Waals surface area contributed by atoms with Gasteiger partial charge in [0, 0.05) is 17.5 Å². The molecule has 1 saturated carbocycles. The molecule has 0 N–H and O–H groups in total. The minimum Gasteiger partial charge on any atom is -0.271 e. The first-order valence-electron chi connectivity index (χ1n) is 8.60. The van der Waals surface area contributed by atoms with E-state index >= 15 is 0 Å². The Morgan fingerprint density at radius 3 is 2.46 bits per heavy atom. The van der Waals surface area contributed by atoms with Crippen molar-refractivity contribution < 1.29 is 8.42 Å². The van der Waals surface area contributed by atoms with Gasteiger partial charge in [-0.1, -0.05) is 12.1 Å². The predicted octanol–water partition coefficient (Wildman–Crippen LogP) is 4.45.